The first kappa shape index (κ1) is 9.04. The molecular formula is C10H15NO. The minimum Gasteiger partial charge on any atom is -0.478 e. The molecule has 2 nitrogen and oxygen atoms in total. The molecule has 0 atom stereocenters. The zero-order valence-electron chi connectivity index (χ0n) is 7.71. The van der Waals surface area contributed by atoms with Gasteiger partial charge in [0.15, 0.2) is 0 Å². The maximum atomic E-state index is 5.38. The number of nitrogens with zero attached hydrogens (tertiary/aromatic N) is 1. The van der Waals surface area contributed by atoms with E-state index in [0.29, 0.717) is 6.61 Å². The summed E-state index contributed by atoms with van der Waals surface area (Å²) in [6.45, 7) is 4.82. The van der Waals surface area contributed by atoms with E-state index in [1.165, 1.54) is 5.56 Å². The zero-order chi connectivity index (χ0) is 8.81. The Morgan fingerprint density at radius 2 is 2.25 bits per heavy atom. The van der Waals surface area contributed by atoms with Crippen molar-refractivity contribution >= 4 is 0 Å². The van der Waals surface area contributed by atoms with E-state index in [2.05, 4.69) is 18.0 Å². The van der Waals surface area contributed by atoms with Gasteiger partial charge >= 0.3 is 0 Å². The Kier molecular flexibility index (Phi) is 3.58. The normalized spacial score (nSPS) is 9.83. The van der Waals surface area contributed by atoms with Gasteiger partial charge in [0.25, 0.3) is 0 Å². The second-order valence-electron chi connectivity index (χ2n) is 2.65. The summed E-state index contributed by atoms with van der Waals surface area (Å²) in [7, 11) is 0. The molecule has 0 unspecified atom stereocenters. The molecule has 0 aliphatic rings. The summed E-state index contributed by atoms with van der Waals surface area (Å²) in [5, 5.41) is 0. The highest BCUT2D eigenvalue weighted by Gasteiger charge is 2.01. The first-order chi connectivity index (χ1) is 5.88. The number of ether oxygens (including phenoxy) is 1. The van der Waals surface area contributed by atoms with Crippen LogP contribution in [-0.4, -0.2) is 11.6 Å². The summed E-state index contributed by atoms with van der Waals surface area (Å²) in [6, 6.07) is 4.02. The fourth-order valence-corrected chi connectivity index (χ4v) is 1.15. The largest absolute Gasteiger partial charge is 0.478 e. The second kappa shape index (κ2) is 4.75. The molecule has 0 amide bonds. The minimum absolute atomic E-state index is 0.688. The Hall–Kier alpha value is -1.05. The van der Waals surface area contributed by atoms with Gasteiger partial charge in [0, 0.05) is 11.8 Å². The molecule has 0 fully saturated rings. The monoisotopic (exact) mass is 165 g/mol. The Labute approximate surface area is 73.6 Å². The van der Waals surface area contributed by atoms with E-state index >= 15 is 0 Å². The van der Waals surface area contributed by atoms with E-state index in [0.717, 1.165) is 18.7 Å². The van der Waals surface area contributed by atoms with Crippen molar-refractivity contribution in [1.29, 1.82) is 0 Å². The average Bonchev–Trinajstić information content (AvgIpc) is 2.09. The Morgan fingerprint density at radius 1 is 1.42 bits per heavy atom. The predicted molar refractivity (Wildman–Crippen MR) is 49.4 cm³/mol. The SMILES string of the molecule is CCCc1cccnc1OCC. The standard InChI is InChI=1S/C10H15NO/c1-3-6-9-7-5-8-11-10(9)12-4-2/h5,7-8H,3-4,6H2,1-2H3. The average molecular weight is 165 g/mol. The molecule has 1 aromatic rings. The molecule has 0 aromatic carbocycles. The predicted octanol–water partition coefficient (Wildman–Crippen LogP) is 2.43. The first-order valence-corrected chi connectivity index (χ1v) is 4.45. The highest BCUT2D eigenvalue weighted by molar-refractivity contribution is 5.25. The minimum atomic E-state index is 0.688. The summed E-state index contributed by atoms with van der Waals surface area (Å²) in [6.07, 6.45) is 3.94. The lowest BCUT2D eigenvalue weighted by molar-refractivity contribution is 0.323. The Bertz CT molecular complexity index is 210. The van der Waals surface area contributed by atoms with Crippen LogP contribution in [0.4, 0.5) is 0 Å². The van der Waals surface area contributed by atoms with Gasteiger partial charge in [-0.2, -0.15) is 0 Å². The van der Waals surface area contributed by atoms with Crippen molar-refractivity contribution in [2.45, 2.75) is 26.7 Å². The van der Waals surface area contributed by atoms with Crippen LogP contribution < -0.4 is 4.74 Å². The first-order valence-electron chi connectivity index (χ1n) is 4.45. The second-order valence-corrected chi connectivity index (χ2v) is 2.65. The Balaban J connectivity index is 2.77. The van der Waals surface area contributed by atoms with Gasteiger partial charge in [0.05, 0.1) is 6.61 Å². The molecule has 0 aliphatic carbocycles. The summed E-state index contributed by atoms with van der Waals surface area (Å²) in [5.41, 5.74) is 1.21. The van der Waals surface area contributed by atoms with Crippen molar-refractivity contribution in [3.8, 4) is 5.88 Å². The van der Waals surface area contributed by atoms with Gasteiger partial charge in [-0.3, -0.25) is 0 Å². The van der Waals surface area contributed by atoms with E-state index in [4.69, 9.17) is 4.74 Å². The fourth-order valence-electron chi connectivity index (χ4n) is 1.15. The van der Waals surface area contributed by atoms with Crippen LogP contribution in [0.15, 0.2) is 18.3 Å². The molecule has 1 aromatic heterocycles. The third kappa shape index (κ3) is 2.22. The van der Waals surface area contributed by atoms with E-state index in [-0.39, 0.29) is 0 Å². The molecule has 12 heavy (non-hydrogen) atoms. The number of aryl methyl sites for hydroxylation is 1. The quantitative estimate of drug-likeness (QED) is 0.683. The molecule has 0 aliphatic heterocycles. The molecule has 2 heteroatoms. The maximum absolute atomic E-state index is 5.38. The third-order valence-electron chi connectivity index (χ3n) is 1.65. The van der Waals surface area contributed by atoms with Crippen molar-refractivity contribution < 1.29 is 4.74 Å². The molecule has 66 valence electrons. The zero-order valence-corrected chi connectivity index (χ0v) is 7.71. The van der Waals surface area contributed by atoms with Crippen LogP contribution in [0, 0.1) is 0 Å². The lowest BCUT2D eigenvalue weighted by Crippen LogP contribution is -1.98. The van der Waals surface area contributed by atoms with Crippen molar-refractivity contribution in [3.05, 3.63) is 23.9 Å². The van der Waals surface area contributed by atoms with Crippen LogP contribution in [0.1, 0.15) is 25.8 Å². The smallest absolute Gasteiger partial charge is 0.216 e. The van der Waals surface area contributed by atoms with Crippen LogP contribution in [0.25, 0.3) is 0 Å². The Morgan fingerprint density at radius 3 is 2.92 bits per heavy atom. The number of aromatic nitrogens is 1. The van der Waals surface area contributed by atoms with Gasteiger partial charge in [0.2, 0.25) is 5.88 Å². The summed E-state index contributed by atoms with van der Waals surface area (Å²) in [5.74, 6) is 0.793. The molecule has 0 saturated carbocycles. The molecule has 0 bridgehead atoms. The van der Waals surface area contributed by atoms with Crippen molar-refractivity contribution in [2.24, 2.45) is 0 Å². The highest BCUT2D eigenvalue weighted by Crippen LogP contribution is 2.15. The van der Waals surface area contributed by atoms with Gasteiger partial charge in [0.1, 0.15) is 0 Å². The molecule has 1 heterocycles. The van der Waals surface area contributed by atoms with Crippen molar-refractivity contribution in [3.63, 3.8) is 0 Å². The lowest BCUT2D eigenvalue weighted by Gasteiger charge is -2.06. The molecule has 0 radical (unpaired) electrons. The van der Waals surface area contributed by atoms with Gasteiger partial charge in [-0.05, 0) is 19.4 Å². The summed E-state index contributed by atoms with van der Waals surface area (Å²) in [4.78, 5) is 4.16. The van der Waals surface area contributed by atoms with E-state index < -0.39 is 0 Å². The fraction of sp³-hybridized carbons (Fsp3) is 0.500. The molecular weight excluding hydrogens is 150 g/mol. The number of rotatable bonds is 4. The number of hydrogen-bond acceptors (Lipinski definition) is 2. The maximum Gasteiger partial charge on any atom is 0.216 e. The van der Waals surface area contributed by atoms with E-state index in [1.807, 2.05) is 13.0 Å². The van der Waals surface area contributed by atoms with Gasteiger partial charge < -0.3 is 4.74 Å². The number of hydrogen-bond donors (Lipinski definition) is 0. The molecule has 0 N–H and O–H groups in total. The molecule has 1 rings (SSSR count). The van der Waals surface area contributed by atoms with Gasteiger partial charge in [-0.1, -0.05) is 19.4 Å². The molecule has 0 spiro atoms. The van der Waals surface area contributed by atoms with Crippen LogP contribution >= 0.6 is 0 Å². The topological polar surface area (TPSA) is 22.1 Å². The third-order valence-corrected chi connectivity index (χ3v) is 1.65. The van der Waals surface area contributed by atoms with Crippen molar-refractivity contribution in [1.82, 2.24) is 4.98 Å². The summed E-state index contributed by atoms with van der Waals surface area (Å²) >= 11 is 0. The van der Waals surface area contributed by atoms with Crippen LogP contribution in [0.5, 0.6) is 5.88 Å². The van der Waals surface area contributed by atoms with Crippen molar-refractivity contribution in [2.75, 3.05) is 6.61 Å². The lowest BCUT2D eigenvalue weighted by atomic mass is 10.2. The van der Waals surface area contributed by atoms with Crippen LogP contribution in [-0.2, 0) is 6.42 Å². The summed E-state index contributed by atoms with van der Waals surface area (Å²) < 4.78 is 5.38. The highest BCUT2D eigenvalue weighted by atomic mass is 16.5. The van der Waals surface area contributed by atoms with Gasteiger partial charge in [-0.15, -0.1) is 0 Å². The van der Waals surface area contributed by atoms with E-state index in [9.17, 15) is 0 Å². The van der Waals surface area contributed by atoms with E-state index in [1.54, 1.807) is 6.20 Å². The van der Waals surface area contributed by atoms with Crippen LogP contribution in [0.2, 0.25) is 0 Å². The number of pyridine rings is 1. The molecule has 0 saturated heterocycles. The van der Waals surface area contributed by atoms with Gasteiger partial charge in [-0.25, -0.2) is 4.98 Å². The van der Waals surface area contributed by atoms with Crippen LogP contribution in [0.3, 0.4) is 0 Å².